The van der Waals surface area contributed by atoms with Crippen LogP contribution in [0.5, 0.6) is 0 Å². The number of carbonyl (C=O) groups is 1. The zero-order valence-corrected chi connectivity index (χ0v) is 9.11. The maximum absolute atomic E-state index is 11.3. The molecule has 0 aliphatic rings. The number of ether oxygens (including phenoxy) is 1. The van der Waals surface area contributed by atoms with Gasteiger partial charge in [-0.05, 0) is 35.8 Å². The predicted octanol–water partition coefficient (Wildman–Crippen LogP) is 1.77. The minimum atomic E-state index is -0.369. The fourth-order valence-corrected chi connectivity index (χ4v) is 1.20. The van der Waals surface area contributed by atoms with E-state index in [1.165, 1.54) is 0 Å². The van der Waals surface area contributed by atoms with E-state index in [9.17, 15) is 4.79 Å². The van der Waals surface area contributed by atoms with E-state index in [1.807, 2.05) is 0 Å². The molecule has 0 spiro atoms. The van der Waals surface area contributed by atoms with E-state index < -0.39 is 0 Å². The van der Waals surface area contributed by atoms with Gasteiger partial charge in [0.25, 0.3) is 0 Å². The molecule has 13 heavy (non-hydrogen) atoms. The summed E-state index contributed by atoms with van der Waals surface area (Å²) in [6.45, 7) is 3.92. The maximum atomic E-state index is 11.3. The fraction of sp³-hybridized carbons (Fsp3) is 0.500. The minimum absolute atomic E-state index is 0.266. The van der Waals surface area contributed by atoms with Crippen molar-refractivity contribution in [1.82, 2.24) is 9.78 Å². The first-order valence-corrected chi connectivity index (χ1v) is 4.81. The van der Waals surface area contributed by atoms with Crippen LogP contribution in [-0.4, -0.2) is 22.4 Å². The molecule has 0 N–H and O–H groups in total. The van der Waals surface area contributed by atoms with Gasteiger partial charge in [0, 0.05) is 6.20 Å². The molecule has 0 aliphatic carbocycles. The van der Waals surface area contributed by atoms with Gasteiger partial charge in [0.1, 0.15) is 10.6 Å². The maximum Gasteiger partial charge on any atom is 0.330 e. The quantitative estimate of drug-likeness (QED) is 0.764. The molecule has 1 aromatic rings. The second kappa shape index (κ2) is 4.41. The first-order valence-electron chi connectivity index (χ1n) is 4.02. The first-order chi connectivity index (χ1) is 6.15. The second-order valence-electron chi connectivity index (χ2n) is 2.55. The second-order valence-corrected chi connectivity index (χ2v) is 3.36. The molecule has 72 valence electrons. The topological polar surface area (TPSA) is 44.1 Å². The number of carbonyl (C=O) groups excluding carboxylic acids is 1. The summed E-state index contributed by atoms with van der Waals surface area (Å²) in [5.41, 5.74) is 0. The third kappa shape index (κ3) is 2.55. The van der Waals surface area contributed by atoms with Gasteiger partial charge in [-0.25, -0.2) is 4.79 Å². The summed E-state index contributed by atoms with van der Waals surface area (Å²) in [7, 11) is 0. The molecule has 1 rings (SSSR count). The van der Waals surface area contributed by atoms with Gasteiger partial charge >= 0.3 is 5.97 Å². The highest BCUT2D eigenvalue weighted by Crippen LogP contribution is 2.11. The molecular formula is C8H11BrN2O2. The molecule has 1 heterocycles. The summed E-state index contributed by atoms with van der Waals surface area (Å²) < 4.78 is 7.12. The first kappa shape index (κ1) is 10.2. The van der Waals surface area contributed by atoms with Gasteiger partial charge in [0.2, 0.25) is 0 Å². The number of esters is 1. The van der Waals surface area contributed by atoms with Crippen LogP contribution >= 0.6 is 15.9 Å². The van der Waals surface area contributed by atoms with E-state index in [-0.39, 0.29) is 12.0 Å². The van der Waals surface area contributed by atoms with Gasteiger partial charge in [-0.1, -0.05) is 0 Å². The smallest absolute Gasteiger partial charge is 0.330 e. The molecule has 0 fully saturated rings. The molecule has 0 saturated carbocycles. The average Bonchev–Trinajstić information content (AvgIpc) is 2.51. The van der Waals surface area contributed by atoms with Gasteiger partial charge in [0.05, 0.1) is 6.61 Å². The summed E-state index contributed by atoms with van der Waals surface area (Å²) >= 11 is 3.20. The van der Waals surface area contributed by atoms with Gasteiger partial charge < -0.3 is 4.74 Å². The molecule has 4 nitrogen and oxygen atoms in total. The van der Waals surface area contributed by atoms with Gasteiger partial charge in [-0.15, -0.1) is 0 Å². The summed E-state index contributed by atoms with van der Waals surface area (Å²) in [5.74, 6) is -0.266. The molecule has 0 aliphatic heterocycles. The van der Waals surface area contributed by atoms with Crippen LogP contribution in [0.1, 0.15) is 19.9 Å². The predicted molar refractivity (Wildman–Crippen MR) is 51.3 cm³/mol. The highest BCUT2D eigenvalue weighted by atomic mass is 79.9. The van der Waals surface area contributed by atoms with Crippen LogP contribution in [0.15, 0.2) is 16.9 Å². The van der Waals surface area contributed by atoms with Crippen molar-refractivity contribution in [2.45, 2.75) is 19.9 Å². The SMILES string of the molecule is CCOC(=O)C(C)n1ccc(Br)n1. The highest BCUT2D eigenvalue weighted by molar-refractivity contribution is 9.10. The Hall–Kier alpha value is -0.840. The third-order valence-electron chi connectivity index (χ3n) is 1.60. The number of aromatic nitrogens is 2. The molecular weight excluding hydrogens is 236 g/mol. The van der Waals surface area contributed by atoms with Crippen LogP contribution in [0.4, 0.5) is 0 Å². The Morgan fingerprint density at radius 2 is 2.54 bits per heavy atom. The Kier molecular flexibility index (Phi) is 3.48. The van der Waals surface area contributed by atoms with Crippen LogP contribution in [0.3, 0.4) is 0 Å². The summed E-state index contributed by atoms with van der Waals surface area (Å²) in [5, 5.41) is 4.05. The molecule has 1 atom stereocenters. The molecule has 0 saturated heterocycles. The Balaban J connectivity index is 2.67. The zero-order valence-electron chi connectivity index (χ0n) is 7.53. The molecule has 0 aromatic carbocycles. The summed E-state index contributed by atoms with van der Waals surface area (Å²) in [6.07, 6.45) is 1.73. The average molecular weight is 247 g/mol. The monoisotopic (exact) mass is 246 g/mol. The molecule has 0 amide bonds. The lowest BCUT2D eigenvalue weighted by molar-refractivity contribution is -0.146. The fourth-order valence-electron chi connectivity index (χ4n) is 0.901. The summed E-state index contributed by atoms with van der Waals surface area (Å²) in [4.78, 5) is 11.3. The Morgan fingerprint density at radius 1 is 1.85 bits per heavy atom. The highest BCUT2D eigenvalue weighted by Gasteiger charge is 2.16. The molecule has 1 aromatic heterocycles. The third-order valence-corrected chi connectivity index (χ3v) is 2.02. The molecule has 0 radical (unpaired) electrons. The van der Waals surface area contributed by atoms with E-state index in [0.29, 0.717) is 11.2 Å². The Bertz CT molecular complexity index is 298. The lowest BCUT2D eigenvalue weighted by Gasteiger charge is -2.09. The van der Waals surface area contributed by atoms with Crippen LogP contribution in [0.25, 0.3) is 0 Å². The van der Waals surface area contributed by atoms with E-state index in [4.69, 9.17) is 4.74 Å². The van der Waals surface area contributed by atoms with E-state index in [2.05, 4.69) is 21.0 Å². The largest absolute Gasteiger partial charge is 0.464 e. The van der Waals surface area contributed by atoms with E-state index in [1.54, 1.807) is 30.8 Å². The lowest BCUT2D eigenvalue weighted by atomic mass is 10.3. The van der Waals surface area contributed by atoms with Crippen molar-refractivity contribution in [3.63, 3.8) is 0 Å². The van der Waals surface area contributed by atoms with Crippen molar-refractivity contribution >= 4 is 21.9 Å². The number of halogens is 1. The van der Waals surface area contributed by atoms with Crippen LogP contribution in [0, 0.1) is 0 Å². The van der Waals surface area contributed by atoms with Crippen LogP contribution in [-0.2, 0) is 9.53 Å². The number of rotatable bonds is 3. The Labute approximate surface area is 85.0 Å². The minimum Gasteiger partial charge on any atom is -0.464 e. The summed E-state index contributed by atoms with van der Waals surface area (Å²) in [6, 6.07) is 1.40. The van der Waals surface area contributed by atoms with Gasteiger partial charge in [-0.3, -0.25) is 4.68 Å². The van der Waals surface area contributed by atoms with Crippen molar-refractivity contribution in [2.75, 3.05) is 6.61 Å². The Morgan fingerprint density at radius 3 is 3.00 bits per heavy atom. The molecule has 5 heteroatoms. The lowest BCUT2D eigenvalue weighted by Crippen LogP contribution is -2.19. The number of hydrogen-bond donors (Lipinski definition) is 0. The van der Waals surface area contributed by atoms with Gasteiger partial charge in [0.15, 0.2) is 0 Å². The standard InChI is InChI=1S/C8H11BrN2O2/c1-3-13-8(12)6(2)11-5-4-7(9)10-11/h4-6H,3H2,1-2H3. The number of nitrogens with zero attached hydrogens (tertiary/aromatic N) is 2. The molecule has 0 bridgehead atoms. The van der Waals surface area contributed by atoms with Gasteiger partial charge in [-0.2, -0.15) is 5.10 Å². The van der Waals surface area contributed by atoms with Crippen molar-refractivity contribution in [2.24, 2.45) is 0 Å². The van der Waals surface area contributed by atoms with E-state index >= 15 is 0 Å². The van der Waals surface area contributed by atoms with Crippen molar-refractivity contribution in [1.29, 1.82) is 0 Å². The van der Waals surface area contributed by atoms with Crippen LogP contribution in [0.2, 0.25) is 0 Å². The van der Waals surface area contributed by atoms with Crippen molar-refractivity contribution < 1.29 is 9.53 Å². The molecule has 1 unspecified atom stereocenters. The van der Waals surface area contributed by atoms with Crippen molar-refractivity contribution in [3.8, 4) is 0 Å². The van der Waals surface area contributed by atoms with Crippen molar-refractivity contribution in [3.05, 3.63) is 16.9 Å². The number of hydrogen-bond acceptors (Lipinski definition) is 3. The zero-order chi connectivity index (χ0) is 9.84. The normalized spacial score (nSPS) is 12.5. The van der Waals surface area contributed by atoms with E-state index in [0.717, 1.165) is 0 Å². The van der Waals surface area contributed by atoms with Crippen LogP contribution < -0.4 is 0 Å².